The van der Waals surface area contributed by atoms with Gasteiger partial charge in [0, 0.05) is 18.3 Å². The predicted octanol–water partition coefficient (Wildman–Crippen LogP) is 1.12. The van der Waals surface area contributed by atoms with E-state index < -0.39 is 0 Å². The minimum atomic E-state index is -0.00161. The summed E-state index contributed by atoms with van der Waals surface area (Å²) in [5, 5.41) is 12.1. The molecule has 6 nitrogen and oxygen atoms in total. The molecule has 3 aromatic rings. The molecule has 4 rings (SSSR count). The molecule has 0 saturated carbocycles. The largest absolute Gasteiger partial charge is 0.312 e. The van der Waals surface area contributed by atoms with Gasteiger partial charge in [-0.1, -0.05) is 18.2 Å². The summed E-state index contributed by atoms with van der Waals surface area (Å²) in [4.78, 5) is 12.5. The number of rotatable bonds is 3. The number of benzene rings is 1. The summed E-state index contributed by atoms with van der Waals surface area (Å²) in [7, 11) is 0. The van der Waals surface area contributed by atoms with Crippen LogP contribution in [0.4, 0.5) is 0 Å². The van der Waals surface area contributed by atoms with E-state index in [1.54, 1.807) is 6.20 Å². The van der Waals surface area contributed by atoms with E-state index in [1.807, 2.05) is 47.3 Å². The molecule has 1 N–H and O–H groups in total. The van der Waals surface area contributed by atoms with Gasteiger partial charge in [-0.15, -0.1) is 0 Å². The minimum Gasteiger partial charge on any atom is -0.312 e. The summed E-state index contributed by atoms with van der Waals surface area (Å²) in [5.41, 5.74) is 3.69. The second-order valence-corrected chi connectivity index (χ2v) is 5.63. The molecule has 0 aliphatic carbocycles. The summed E-state index contributed by atoms with van der Waals surface area (Å²) in [6.07, 6.45) is 4.45. The fraction of sp³-hybridized carbons (Fsp3) is 0.235. The Morgan fingerprint density at radius 2 is 2.04 bits per heavy atom. The van der Waals surface area contributed by atoms with Crippen molar-refractivity contribution in [3.05, 3.63) is 76.0 Å². The Kier molecular flexibility index (Phi) is 3.51. The monoisotopic (exact) mass is 307 g/mol. The van der Waals surface area contributed by atoms with Crippen LogP contribution in [0.2, 0.25) is 0 Å². The van der Waals surface area contributed by atoms with Crippen molar-refractivity contribution >= 4 is 0 Å². The standard InChI is InChI=1S/C17H17N5O/c23-17-16-6-8-18-10-13(16)11-19-22(17)12-14-7-9-21(20-14)15-4-2-1-3-5-15/h1-5,7,9,11,18H,6,8,10,12H2. The van der Waals surface area contributed by atoms with E-state index in [0.29, 0.717) is 6.54 Å². The first kappa shape index (κ1) is 13.9. The van der Waals surface area contributed by atoms with Gasteiger partial charge in [0.15, 0.2) is 0 Å². The molecule has 0 amide bonds. The summed E-state index contributed by atoms with van der Waals surface area (Å²) in [5.74, 6) is 0. The lowest BCUT2D eigenvalue weighted by Crippen LogP contribution is -2.34. The van der Waals surface area contributed by atoms with Gasteiger partial charge in [-0.25, -0.2) is 9.36 Å². The van der Waals surface area contributed by atoms with E-state index in [2.05, 4.69) is 15.5 Å². The predicted molar refractivity (Wildman–Crippen MR) is 86.6 cm³/mol. The Hall–Kier alpha value is -2.73. The number of aromatic nitrogens is 4. The molecule has 0 radical (unpaired) electrons. The lowest BCUT2D eigenvalue weighted by molar-refractivity contribution is 0.572. The van der Waals surface area contributed by atoms with Crippen LogP contribution in [-0.2, 0) is 19.5 Å². The normalized spacial score (nSPS) is 13.7. The zero-order valence-corrected chi connectivity index (χ0v) is 12.6. The van der Waals surface area contributed by atoms with Crippen molar-refractivity contribution in [2.45, 2.75) is 19.5 Å². The van der Waals surface area contributed by atoms with E-state index in [4.69, 9.17) is 0 Å². The van der Waals surface area contributed by atoms with Gasteiger partial charge in [-0.05, 0) is 36.7 Å². The molecule has 0 unspecified atom stereocenters. The van der Waals surface area contributed by atoms with Gasteiger partial charge in [0.1, 0.15) is 0 Å². The van der Waals surface area contributed by atoms with Crippen molar-refractivity contribution in [3.63, 3.8) is 0 Å². The lowest BCUT2D eigenvalue weighted by Gasteiger charge is -2.16. The molecular weight excluding hydrogens is 290 g/mol. The molecule has 1 aliphatic rings. The Morgan fingerprint density at radius 1 is 1.17 bits per heavy atom. The van der Waals surface area contributed by atoms with Crippen LogP contribution < -0.4 is 10.9 Å². The lowest BCUT2D eigenvalue weighted by atomic mass is 10.1. The van der Waals surface area contributed by atoms with Crippen LogP contribution in [0, 0.1) is 0 Å². The zero-order valence-electron chi connectivity index (χ0n) is 12.6. The maximum Gasteiger partial charge on any atom is 0.270 e. The summed E-state index contributed by atoms with van der Waals surface area (Å²) >= 11 is 0. The van der Waals surface area contributed by atoms with E-state index in [9.17, 15) is 4.79 Å². The fourth-order valence-corrected chi connectivity index (χ4v) is 2.86. The number of nitrogens with zero attached hydrogens (tertiary/aromatic N) is 4. The molecule has 0 atom stereocenters. The average Bonchev–Trinajstić information content (AvgIpc) is 3.07. The van der Waals surface area contributed by atoms with Crippen LogP contribution in [-0.4, -0.2) is 26.1 Å². The van der Waals surface area contributed by atoms with Crippen molar-refractivity contribution < 1.29 is 0 Å². The van der Waals surface area contributed by atoms with Crippen LogP contribution in [0.3, 0.4) is 0 Å². The van der Waals surface area contributed by atoms with Crippen molar-refractivity contribution in [2.24, 2.45) is 0 Å². The SMILES string of the molecule is O=c1c2c(cnn1Cc1ccn(-c3ccccc3)n1)CNCC2. The van der Waals surface area contributed by atoms with Crippen LogP contribution in [0.1, 0.15) is 16.8 Å². The summed E-state index contributed by atoms with van der Waals surface area (Å²) in [6.45, 7) is 1.95. The molecule has 1 aliphatic heterocycles. The maximum absolute atomic E-state index is 12.5. The fourth-order valence-electron chi connectivity index (χ4n) is 2.86. The van der Waals surface area contributed by atoms with E-state index >= 15 is 0 Å². The Labute approximate surface area is 133 Å². The van der Waals surface area contributed by atoms with Gasteiger partial charge >= 0.3 is 0 Å². The van der Waals surface area contributed by atoms with Crippen LogP contribution in [0.25, 0.3) is 5.69 Å². The van der Waals surface area contributed by atoms with Crippen LogP contribution >= 0.6 is 0 Å². The minimum absolute atomic E-state index is 0.00161. The second-order valence-electron chi connectivity index (χ2n) is 5.63. The molecule has 6 heteroatoms. The maximum atomic E-state index is 12.5. The van der Waals surface area contributed by atoms with E-state index in [1.165, 1.54) is 4.68 Å². The molecule has 23 heavy (non-hydrogen) atoms. The Morgan fingerprint density at radius 3 is 2.91 bits per heavy atom. The van der Waals surface area contributed by atoms with Gasteiger partial charge in [0.05, 0.1) is 24.1 Å². The third kappa shape index (κ3) is 2.68. The van der Waals surface area contributed by atoms with Crippen molar-refractivity contribution in [1.82, 2.24) is 24.9 Å². The smallest absolute Gasteiger partial charge is 0.270 e. The Bertz CT molecular complexity index is 881. The van der Waals surface area contributed by atoms with Crippen molar-refractivity contribution in [1.29, 1.82) is 0 Å². The molecule has 0 spiro atoms. The third-order valence-electron chi connectivity index (χ3n) is 4.08. The number of nitrogens with one attached hydrogen (secondary N) is 1. The first-order chi connectivity index (χ1) is 11.3. The molecule has 0 saturated heterocycles. The molecule has 3 heterocycles. The highest BCUT2D eigenvalue weighted by molar-refractivity contribution is 5.30. The van der Waals surface area contributed by atoms with Crippen LogP contribution in [0.5, 0.6) is 0 Å². The second kappa shape index (κ2) is 5.81. The highest BCUT2D eigenvalue weighted by atomic mass is 16.1. The van der Waals surface area contributed by atoms with Crippen molar-refractivity contribution in [3.8, 4) is 5.69 Å². The van der Waals surface area contributed by atoms with E-state index in [-0.39, 0.29) is 5.56 Å². The topological polar surface area (TPSA) is 64.7 Å². The molecular formula is C17H17N5O. The average molecular weight is 307 g/mol. The molecule has 116 valence electrons. The van der Waals surface area contributed by atoms with E-state index in [0.717, 1.165) is 42.0 Å². The number of fused-ring (bicyclic) bond motifs is 1. The third-order valence-corrected chi connectivity index (χ3v) is 4.08. The van der Waals surface area contributed by atoms with Gasteiger partial charge in [-0.3, -0.25) is 4.79 Å². The summed E-state index contributed by atoms with van der Waals surface area (Å²) in [6, 6.07) is 11.8. The van der Waals surface area contributed by atoms with Gasteiger partial charge in [0.25, 0.3) is 5.56 Å². The van der Waals surface area contributed by atoms with Gasteiger partial charge in [0.2, 0.25) is 0 Å². The zero-order chi connectivity index (χ0) is 15.6. The summed E-state index contributed by atoms with van der Waals surface area (Å²) < 4.78 is 3.31. The number of para-hydroxylation sites is 1. The molecule has 1 aromatic carbocycles. The highest BCUT2D eigenvalue weighted by Crippen LogP contribution is 2.09. The number of hydrogen-bond donors (Lipinski definition) is 1. The first-order valence-electron chi connectivity index (χ1n) is 7.70. The quantitative estimate of drug-likeness (QED) is 0.787. The van der Waals surface area contributed by atoms with Gasteiger partial charge < -0.3 is 5.32 Å². The first-order valence-corrected chi connectivity index (χ1v) is 7.70. The molecule has 2 aromatic heterocycles. The van der Waals surface area contributed by atoms with Crippen molar-refractivity contribution in [2.75, 3.05) is 6.54 Å². The number of hydrogen-bond acceptors (Lipinski definition) is 4. The highest BCUT2D eigenvalue weighted by Gasteiger charge is 2.15. The van der Waals surface area contributed by atoms with Crippen LogP contribution in [0.15, 0.2) is 53.6 Å². The van der Waals surface area contributed by atoms with Gasteiger partial charge in [-0.2, -0.15) is 10.2 Å². The molecule has 0 fully saturated rings. The Balaban J connectivity index is 1.62. The molecule has 0 bridgehead atoms.